The van der Waals surface area contributed by atoms with E-state index < -0.39 is 0 Å². The smallest absolute Gasteiger partial charge is 0.224 e. The van der Waals surface area contributed by atoms with Gasteiger partial charge in [0, 0.05) is 51.9 Å². The molecule has 0 unspecified atom stereocenters. The summed E-state index contributed by atoms with van der Waals surface area (Å²) in [7, 11) is 0. The number of carbonyl (C=O) groups excluding carboxylic acids is 1. The fourth-order valence-corrected chi connectivity index (χ4v) is 3.27. The summed E-state index contributed by atoms with van der Waals surface area (Å²) in [6.45, 7) is 10.4. The maximum Gasteiger partial charge on any atom is 0.224 e. The minimum atomic E-state index is 0.151. The van der Waals surface area contributed by atoms with E-state index in [1.165, 1.54) is 0 Å². The number of carbonyl (C=O) groups is 1. The first-order chi connectivity index (χ1) is 14.6. The van der Waals surface area contributed by atoms with Crippen LogP contribution < -0.4 is 15.5 Å². The van der Waals surface area contributed by atoms with E-state index in [-0.39, 0.29) is 5.91 Å². The Bertz CT molecular complexity index is 823. The zero-order chi connectivity index (χ0) is 21.3. The SMILES string of the molecule is CCNC(=NCc1nc(C)c(C)o1)NCCC(=O)N1CCN(c2ccccn2)CC1. The number of nitrogens with zero attached hydrogens (tertiary/aromatic N) is 5. The molecular weight excluding hydrogens is 382 g/mol. The molecule has 30 heavy (non-hydrogen) atoms. The van der Waals surface area contributed by atoms with Crippen molar-refractivity contribution in [3.63, 3.8) is 0 Å². The van der Waals surface area contributed by atoms with Gasteiger partial charge >= 0.3 is 0 Å². The van der Waals surface area contributed by atoms with Crippen molar-refractivity contribution in [2.24, 2.45) is 4.99 Å². The molecule has 9 heteroatoms. The lowest BCUT2D eigenvalue weighted by Gasteiger charge is -2.35. The topological polar surface area (TPSA) is 98.9 Å². The van der Waals surface area contributed by atoms with Gasteiger partial charge < -0.3 is 24.9 Å². The summed E-state index contributed by atoms with van der Waals surface area (Å²) in [5.74, 6) is 3.17. The molecule has 0 aliphatic carbocycles. The lowest BCUT2D eigenvalue weighted by atomic mass is 10.2. The average molecular weight is 414 g/mol. The number of nitrogens with one attached hydrogen (secondary N) is 2. The number of oxazole rings is 1. The molecule has 0 radical (unpaired) electrons. The Hall–Kier alpha value is -3.10. The van der Waals surface area contributed by atoms with Gasteiger partial charge in [-0.05, 0) is 32.9 Å². The van der Waals surface area contributed by atoms with Gasteiger partial charge in [-0.3, -0.25) is 4.79 Å². The molecule has 2 aromatic heterocycles. The molecule has 1 amide bonds. The van der Waals surface area contributed by atoms with Crippen LogP contribution in [0.15, 0.2) is 33.8 Å². The van der Waals surface area contributed by atoms with E-state index in [0.717, 1.165) is 36.9 Å². The van der Waals surface area contributed by atoms with Gasteiger partial charge in [0.2, 0.25) is 11.8 Å². The highest BCUT2D eigenvalue weighted by molar-refractivity contribution is 5.81. The first-order valence-electron chi connectivity index (χ1n) is 10.5. The largest absolute Gasteiger partial charge is 0.444 e. The van der Waals surface area contributed by atoms with Crippen molar-refractivity contribution in [1.82, 2.24) is 25.5 Å². The predicted octanol–water partition coefficient (Wildman–Crippen LogP) is 1.48. The van der Waals surface area contributed by atoms with Crippen molar-refractivity contribution in [3.05, 3.63) is 41.7 Å². The molecule has 1 aliphatic heterocycles. The fourth-order valence-electron chi connectivity index (χ4n) is 3.27. The van der Waals surface area contributed by atoms with Crippen molar-refractivity contribution in [3.8, 4) is 0 Å². The summed E-state index contributed by atoms with van der Waals surface area (Å²) >= 11 is 0. The third kappa shape index (κ3) is 5.95. The van der Waals surface area contributed by atoms with Gasteiger partial charge in [0.25, 0.3) is 0 Å². The van der Waals surface area contributed by atoms with E-state index >= 15 is 0 Å². The molecule has 3 heterocycles. The van der Waals surface area contributed by atoms with Gasteiger partial charge in [-0.25, -0.2) is 15.0 Å². The first-order valence-corrected chi connectivity index (χ1v) is 10.5. The van der Waals surface area contributed by atoms with Crippen LogP contribution in [0.4, 0.5) is 5.82 Å². The number of hydrogen-bond donors (Lipinski definition) is 2. The zero-order valence-electron chi connectivity index (χ0n) is 18.0. The number of amides is 1. The Kier molecular flexibility index (Phi) is 7.64. The maximum atomic E-state index is 12.6. The third-order valence-electron chi connectivity index (χ3n) is 5.03. The molecule has 1 saturated heterocycles. The summed E-state index contributed by atoms with van der Waals surface area (Å²) in [6.07, 6.45) is 2.22. The van der Waals surface area contributed by atoms with E-state index in [1.54, 1.807) is 6.20 Å². The quantitative estimate of drug-likeness (QED) is 0.524. The van der Waals surface area contributed by atoms with Crippen LogP contribution >= 0.6 is 0 Å². The van der Waals surface area contributed by atoms with Crippen LogP contribution in [0.3, 0.4) is 0 Å². The van der Waals surface area contributed by atoms with Crippen LogP contribution in [0.5, 0.6) is 0 Å². The molecule has 0 saturated carbocycles. The molecule has 0 atom stereocenters. The lowest BCUT2D eigenvalue weighted by Crippen LogP contribution is -2.49. The number of aliphatic imine (C=N–C) groups is 1. The highest BCUT2D eigenvalue weighted by atomic mass is 16.4. The predicted molar refractivity (Wildman–Crippen MR) is 116 cm³/mol. The van der Waals surface area contributed by atoms with Crippen molar-refractivity contribution in [2.75, 3.05) is 44.2 Å². The highest BCUT2D eigenvalue weighted by Crippen LogP contribution is 2.13. The van der Waals surface area contributed by atoms with E-state index in [2.05, 4.69) is 30.5 Å². The number of guanidine groups is 1. The van der Waals surface area contributed by atoms with Gasteiger partial charge in [0.1, 0.15) is 18.1 Å². The molecule has 0 bridgehead atoms. The van der Waals surface area contributed by atoms with Crippen LogP contribution in [0.1, 0.15) is 30.7 Å². The Morgan fingerprint density at radius 2 is 2.00 bits per heavy atom. The summed E-state index contributed by atoms with van der Waals surface area (Å²) in [4.78, 5) is 29.9. The molecule has 2 N–H and O–H groups in total. The summed E-state index contributed by atoms with van der Waals surface area (Å²) in [5, 5.41) is 6.40. The molecule has 162 valence electrons. The number of piperazine rings is 1. The van der Waals surface area contributed by atoms with Crippen molar-refractivity contribution in [2.45, 2.75) is 33.7 Å². The Morgan fingerprint density at radius 1 is 1.20 bits per heavy atom. The normalized spacial score (nSPS) is 14.7. The molecule has 0 spiro atoms. The molecule has 0 aromatic carbocycles. The highest BCUT2D eigenvalue weighted by Gasteiger charge is 2.21. The first kappa shape index (κ1) is 21.6. The zero-order valence-corrected chi connectivity index (χ0v) is 18.0. The van der Waals surface area contributed by atoms with Gasteiger partial charge in [-0.15, -0.1) is 0 Å². The molecule has 2 aromatic rings. The number of hydrogen-bond acceptors (Lipinski definition) is 6. The van der Waals surface area contributed by atoms with Gasteiger partial charge in [0.05, 0.1) is 5.69 Å². The van der Waals surface area contributed by atoms with Gasteiger partial charge in [-0.1, -0.05) is 6.07 Å². The second-order valence-corrected chi connectivity index (χ2v) is 7.18. The minimum absolute atomic E-state index is 0.151. The van der Waals surface area contributed by atoms with Crippen LogP contribution in [-0.4, -0.2) is 66.0 Å². The number of aryl methyl sites for hydroxylation is 2. The molecule has 1 aliphatic rings. The van der Waals surface area contributed by atoms with Crippen molar-refractivity contribution in [1.29, 1.82) is 0 Å². The van der Waals surface area contributed by atoms with Crippen molar-refractivity contribution >= 4 is 17.7 Å². The Labute approximate surface area is 177 Å². The summed E-state index contributed by atoms with van der Waals surface area (Å²) < 4.78 is 5.56. The molecule has 1 fully saturated rings. The number of anilines is 1. The van der Waals surface area contributed by atoms with Crippen LogP contribution in [0, 0.1) is 13.8 Å². The molecular formula is C21H31N7O2. The summed E-state index contributed by atoms with van der Waals surface area (Å²) in [6, 6.07) is 5.90. The lowest BCUT2D eigenvalue weighted by molar-refractivity contribution is -0.131. The monoisotopic (exact) mass is 413 g/mol. The van der Waals surface area contributed by atoms with Crippen LogP contribution in [-0.2, 0) is 11.3 Å². The molecule has 3 rings (SSSR count). The number of rotatable bonds is 7. The maximum absolute atomic E-state index is 12.6. The van der Waals surface area contributed by atoms with Crippen LogP contribution in [0.2, 0.25) is 0 Å². The van der Waals surface area contributed by atoms with E-state index in [0.29, 0.717) is 44.5 Å². The third-order valence-corrected chi connectivity index (χ3v) is 5.03. The van der Waals surface area contributed by atoms with E-state index in [9.17, 15) is 4.79 Å². The van der Waals surface area contributed by atoms with Gasteiger partial charge in [-0.2, -0.15) is 0 Å². The Balaban J connectivity index is 1.42. The van der Waals surface area contributed by atoms with Crippen LogP contribution in [0.25, 0.3) is 0 Å². The standard InChI is InChI=1S/C21H31N7O2/c1-4-22-21(25-15-19-26-16(2)17(3)30-19)24-10-8-20(29)28-13-11-27(12-14-28)18-7-5-6-9-23-18/h5-7,9H,4,8,10-15H2,1-3H3,(H2,22,24,25). The molecule has 9 nitrogen and oxygen atoms in total. The summed E-state index contributed by atoms with van der Waals surface area (Å²) in [5.41, 5.74) is 0.881. The second-order valence-electron chi connectivity index (χ2n) is 7.18. The van der Waals surface area contributed by atoms with E-state index in [1.807, 2.05) is 43.9 Å². The van der Waals surface area contributed by atoms with E-state index in [4.69, 9.17) is 4.42 Å². The number of pyridine rings is 1. The fraction of sp³-hybridized carbons (Fsp3) is 0.524. The minimum Gasteiger partial charge on any atom is -0.444 e. The Morgan fingerprint density at radius 3 is 2.63 bits per heavy atom. The second kappa shape index (κ2) is 10.6. The average Bonchev–Trinajstić information content (AvgIpc) is 3.10. The van der Waals surface area contributed by atoms with Crippen molar-refractivity contribution < 1.29 is 9.21 Å². The number of aromatic nitrogens is 2. The van der Waals surface area contributed by atoms with Gasteiger partial charge in [0.15, 0.2) is 5.96 Å².